The number of rotatable bonds is 6. The zero-order valence-electron chi connectivity index (χ0n) is 17.7. The van der Waals surface area contributed by atoms with Crippen LogP contribution in [0.3, 0.4) is 0 Å². The molecular weight excluding hydrogens is 468 g/mol. The standard InChI is InChI=1S/C22H21ClN4O5S/c1-14(28)15-4-8-19(9-5-15)33(30,31)27-12-10-16(11-13-27)20(29)24-22-26-25-21(32-22)17-2-6-18(23)7-3-17/h2-9,16H,10-13H2,1H3,(H,24,26,29). The molecule has 0 radical (unpaired) electrons. The van der Waals surface area contributed by atoms with Crippen LogP contribution in [0.5, 0.6) is 0 Å². The number of amides is 1. The number of Topliss-reactive ketones (excluding diaryl/α,β-unsaturated/α-hetero) is 1. The average Bonchev–Trinajstić information content (AvgIpc) is 3.28. The van der Waals surface area contributed by atoms with Crippen LogP contribution in [-0.2, 0) is 14.8 Å². The molecule has 0 spiro atoms. The Kier molecular flexibility index (Phi) is 6.59. The Morgan fingerprint density at radius 1 is 1.03 bits per heavy atom. The maximum Gasteiger partial charge on any atom is 0.322 e. The third-order valence-corrected chi connectivity index (χ3v) is 7.63. The molecule has 0 aliphatic carbocycles. The highest BCUT2D eigenvalue weighted by molar-refractivity contribution is 7.89. The molecule has 0 bridgehead atoms. The predicted octanol–water partition coefficient (Wildman–Crippen LogP) is 3.63. The molecule has 2 aromatic carbocycles. The molecule has 9 nitrogen and oxygen atoms in total. The first-order valence-electron chi connectivity index (χ1n) is 10.3. The van der Waals surface area contributed by atoms with Gasteiger partial charge in [0, 0.05) is 35.2 Å². The van der Waals surface area contributed by atoms with Crippen molar-refractivity contribution in [1.82, 2.24) is 14.5 Å². The number of piperidine rings is 1. The summed E-state index contributed by atoms with van der Waals surface area (Å²) < 4.78 is 32.6. The average molecular weight is 489 g/mol. The van der Waals surface area contributed by atoms with Gasteiger partial charge < -0.3 is 4.42 Å². The van der Waals surface area contributed by atoms with Crippen molar-refractivity contribution in [2.45, 2.75) is 24.7 Å². The number of hydrogen-bond acceptors (Lipinski definition) is 7. The van der Waals surface area contributed by atoms with Gasteiger partial charge in [0.05, 0.1) is 4.90 Å². The zero-order chi connectivity index (χ0) is 23.6. The molecule has 0 saturated carbocycles. The zero-order valence-corrected chi connectivity index (χ0v) is 19.3. The van der Waals surface area contributed by atoms with Crippen molar-refractivity contribution in [3.63, 3.8) is 0 Å². The molecule has 0 unspecified atom stereocenters. The molecule has 3 aromatic rings. The van der Waals surface area contributed by atoms with E-state index in [9.17, 15) is 18.0 Å². The Morgan fingerprint density at radius 2 is 1.67 bits per heavy atom. The number of nitrogens with zero attached hydrogens (tertiary/aromatic N) is 3. The number of nitrogens with one attached hydrogen (secondary N) is 1. The van der Waals surface area contributed by atoms with Gasteiger partial charge in [0.1, 0.15) is 0 Å². The first-order chi connectivity index (χ1) is 15.7. The van der Waals surface area contributed by atoms with E-state index < -0.39 is 10.0 Å². The van der Waals surface area contributed by atoms with Gasteiger partial charge in [0.2, 0.25) is 21.8 Å². The predicted molar refractivity (Wildman–Crippen MR) is 121 cm³/mol. The van der Waals surface area contributed by atoms with Crippen LogP contribution in [0.25, 0.3) is 11.5 Å². The van der Waals surface area contributed by atoms with Crippen molar-refractivity contribution in [1.29, 1.82) is 0 Å². The lowest BCUT2D eigenvalue weighted by Crippen LogP contribution is -2.41. The lowest BCUT2D eigenvalue weighted by Gasteiger charge is -2.30. The SMILES string of the molecule is CC(=O)c1ccc(S(=O)(=O)N2CCC(C(=O)Nc3nnc(-c4ccc(Cl)cc4)o3)CC2)cc1. The Morgan fingerprint density at radius 3 is 2.27 bits per heavy atom. The van der Waals surface area contributed by atoms with Crippen LogP contribution in [0.2, 0.25) is 5.02 Å². The number of benzene rings is 2. The molecule has 2 heterocycles. The van der Waals surface area contributed by atoms with E-state index in [2.05, 4.69) is 15.5 Å². The summed E-state index contributed by atoms with van der Waals surface area (Å²) in [5.41, 5.74) is 1.12. The molecule has 1 fully saturated rings. The fourth-order valence-electron chi connectivity index (χ4n) is 3.56. The van der Waals surface area contributed by atoms with Crippen LogP contribution in [0.15, 0.2) is 57.8 Å². The molecule has 1 aromatic heterocycles. The van der Waals surface area contributed by atoms with E-state index in [1.807, 2.05) is 0 Å². The smallest absolute Gasteiger partial charge is 0.322 e. The molecular formula is C22H21ClN4O5S. The number of carbonyl (C=O) groups is 2. The van der Waals surface area contributed by atoms with Crippen molar-refractivity contribution in [3.05, 3.63) is 59.1 Å². The molecule has 1 aliphatic rings. The normalized spacial score (nSPS) is 15.3. The van der Waals surface area contributed by atoms with Gasteiger partial charge in [-0.2, -0.15) is 4.31 Å². The van der Waals surface area contributed by atoms with Gasteiger partial charge in [-0.1, -0.05) is 28.8 Å². The van der Waals surface area contributed by atoms with E-state index >= 15 is 0 Å². The van der Waals surface area contributed by atoms with Gasteiger partial charge in [-0.3, -0.25) is 14.9 Å². The number of ketones is 1. The van der Waals surface area contributed by atoms with Crippen molar-refractivity contribution >= 4 is 39.3 Å². The first kappa shape index (κ1) is 23.1. The summed E-state index contributed by atoms with van der Waals surface area (Å²) >= 11 is 5.87. The van der Waals surface area contributed by atoms with Crippen molar-refractivity contribution < 1.29 is 22.4 Å². The van der Waals surface area contributed by atoms with Gasteiger partial charge in [0.15, 0.2) is 5.78 Å². The monoisotopic (exact) mass is 488 g/mol. The minimum absolute atomic E-state index is 0.0226. The number of anilines is 1. The second-order valence-electron chi connectivity index (χ2n) is 7.67. The van der Waals surface area contributed by atoms with Crippen LogP contribution in [0, 0.1) is 5.92 Å². The van der Waals surface area contributed by atoms with Gasteiger partial charge >= 0.3 is 6.01 Å². The van der Waals surface area contributed by atoms with E-state index in [4.69, 9.17) is 16.0 Å². The van der Waals surface area contributed by atoms with Gasteiger partial charge in [-0.25, -0.2) is 8.42 Å². The molecule has 1 saturated heterocycles. The highest BCUT2D eigenvalue weighted by Crippen LogP contribution is 2.26. The molecule has 1 amide bonds. The summed E-state index contributed by atoms with van der Waals surface area (Å²) in [5.74, 6) is -0.572. The highest BCUT2D eigenvalue weighted by atomic mass is 35.5. The molecule has 4 rings (SSSR count). The summed E-state index contributed by atoms with van der Waals surface area (Å²) in [6.07, 6.45) is 0.712. The van der Waals surface area contributed by atoms with E-state index in [0.29, 0.717) is 29.0 Å². The van der Waals surface area contributed by atoms with E-state index in [1.54, 1.807) is 24.3 Å². The van der Waals surface area contributed by atoms with Crippen LogP contribution >= 0.6 is 11.6 Å². The van der Waals surface area contributed by atoms with Gasteiger partial charge in [-0.05, 0) is 56.2 Å². The number of sulfonamides is 1. The maximum absolute atomic E-state index is 12.9. The van der Waals surface area contributed by atoms with Gasteiger partial charge in [-0.15, -0.1) is 5.10 Å². The number of aromatic nitrogens is 2. The molecule has 33 heavy (non-hydrogen) atoms. The third-order valence-electron chi connectivity index (χ3n) is 5.47. The van der Waals surface area contributed by atoms with Gasteiger partial charge in [0.25, 0.3) is 0 Å². The maximum atomic E-state index is 12.9. The van der Waals surface area contributed by atoms with Crippen LogP contribution in [0.4, 0.5) is 6.01 Å². The number of hydrogen-bond donors (Lipinski definition) is 1. The van der Waals surface area contributed by atoms with E-state index in [0.717, 1.165) is 0 Å². The third kappa shape index (κ3) is 5.13. The quantitative estimate of drug-likeness (QED) is 0.525. The second kappa shape index (κ2) is 9.42. The minimum Gasteiger partial charge on any atom is -0.403 e. The van der Waals surface area contributed by atoms with Crippen LogP contribution in [-0.4, -0.2) is 47.7 Å². The lowest BCUT2D eigenvalue weighted by molar-refractivity contribution is -0.121. The van der Waals surface area contributed by atoms with Crippen LogP contribution < -0.4 is 5.32 Å². The molecule has 11 heteroatoms. The van der Waals surface area contributed by atoms with Crippen LogP contribution in [0.1, 0.15) is 30.1 Å². The highest BCUT2D eigenvalue weighted by Gasteiger charge is 2.32. The molecule has 1 N–H and O–H groups in total. The lowest BCUT2D eigenvalue weighted by atomic mass is 9.97. The molecule has 1 aliphatic heterocycles. The largest absolute Gasteiger partial charge is 0.403 e. The summed E-state index contributed by atoms with van der Waals surface area (Å²) in [7, 11) is -3.70. The fraction of sp³-hybridized carbons (Fsp3) is 0.273. The summed E-state index contributed by atoms with van der Waals surface area (Å²) in [4.78, 5) is 24.2. The Balaban J connectivity index is 1.35. The van der Waals surface area contributed by atoms with E-state index in [-0.39, 0.29) is 47.5 Å². The topological polar surface area (TPSA) is 122 Å². The molecule has 0 atom stereocenters. The molecule has 172 valence electrons. The van der Waals surface area contributed by atoms with Crippen molar-refractivity contribution in [3.8, 4) is 11.5 Å². The second-order valence-corrected chi connectivity index (χ2v) is 10.0. The van der Waals surface area contributed by atoms with E-state index in [1.165, 1.54) is 35.5 Å². The summed E-state index contributed by atoms with van der Waals surface area (Å²) in [5, 5.41) is 11.0. The summed E-state index contributed by atoms with van der Waals surface area (Å²) in [6.45, 7) is 1.83. The number of halogens is 1. The van der Waals surface area contributed by atoms with Crippen molar-refractivity contribution in [2.24, 2.45) is 5.92 Å². The summed E-state index contributed by atoms with van der Waals surface area (Å²) in [6, 6.07) is 12.7. The Bertz CT molecular complexity index is 1260. The Hall–Kier alpha value is -3.08. The minimum atomic E-state index is -3.70. The fourth-order valence-corrected chi connectivity index (χ4v) is 5.16. The first-order valence-corrected chi connectivity index (χ1v) is 12.1. The van der Waals surface area contributed by atoms with Crippen molar-refractivity contribution in [2.75, 3.05) is 18.4 Å². The Labute approximate surface area is 195 Å². The number of carbonyl (C=O) groups excluding carboxylic acids is 2.